The van der Waals surface area contributed by atoms with Gasteiger partial charge in [-0.3, -0.25) is 9.69 Å². The molecule has 0 bridgehead atoms. The van der Waals surface area contributed by atoms with Gasteiger partial charge in [-0.2, -0.15) is 0 Å². The summed E-state index contributed by atoms with van der Waals surface area (Å²) >= 11 is 0. The maximum Gasteiger partial charge on any atom is 0.420 e. The Morgan fingerprint density at radius 1 is 0.882 bits per heavy atom. The Kier molecular flexibility index (Phi) is 14.8. The molecule has 51 heavy (non-hydrogen) atoms. The SMILES string of the molecule is C=NC(=N/C=C(\C)C(=O)O)N1CCN(CCOCCC(=O)N2CCN(c3ncc(CN(C(=O)OC(C)(C)C)C(=O)OC(C)(C)C)cn3)CC2)CC1. The van der Waals surface area contributed by atoms with Crippen molar-refractivity contribution in [2.45, 2.75) is 72.6 Å². The van der Waals surface area contributed by atoms with E-state index in [9.17, 15) is 19.2 Å². The lowest BCUT2D eigenvalue weighted by Crippen LogP contribution is -2.49. The number of carboxylic acids is 1. The number of hydrogen-bond donors (Lipinski definition) is 1. The van der Waals surface area contributed by atoms with E-state index >= 15 is 0 Å². The molecule has 1 N–H and O–H groups in total. The summed E-state index contributed by atoms with van der Waals surface area (Å²) in [5.41, 5.74) is -0.958. The minimum Gasteiger partial charge on any atom is -0.478 e. The third-order valence-electron chi connectivity index (χ3n) is 7.70. The number of amides is 3. The Labute approximate surface area is 299 Å². The average molecular weight is 716 g/mol. The normalized spacial score (nSPS) is 16.5. The van der Waals surface area contributed by atoms with Gasteiger partial charge in [0.05, 0.1) is 31.8 Å². The van der Waals surface area contributed by atoms with Crippen molar-refractivity contribution in [1.29, 1.82) is 0 Å². The van der Waals surface area contributed by atoms with Crippen LogP contribution in [0.2, 0.25) is 0 Å². The van der Waals surface area contributed by atoms with Crippen LogP contribution in [0, 0.1) is 0 Å². The van der Waals surface area contributed by atoms with E-state index in [0.717, 1.165) is 24.5 Å². The lowest BCUT2D eigenvalue weighted by atomic mass is 10.2. The number of rotatable bonds is 11. The molecule has 0 aliphatic carbocycles. The molecule has 0 saturated carbocycles. The number of carbonyl (C=O) groups is 4. The van der Waals surface area contributed by atoms with Crippen LogP contribution < -0.4 is 4.90 Å². The van der Waals surface area contributed by atoms with Crippen molar-refractivity contribution in [1.82, 2.24) is 29.6 Å². The molecule has 0 atom stereocenters. The zero-order chi connectivity index (χ0) is 37.8. The van der Waals surface area contributed by atoms with E-state index in [1.807, 2.05) is 14.7 Å². The van der Waals surface area contributed by atoms with Gasteiger partial charge in [0, 0.05) is 83.1 Å². The molecule has 282 valence electrons. The van der Waals surface area contributed by atoms with Crippen LogP contribution in [-0.4, -0.2) is 155 Å². The predicted octanol–water partition coefficient (Wildman–Crippen LogP) is 2.87. The van der Waals surface area contributed by atoms with Crippen LogP contribution in [0.5, 0.6) is 0 Å². The van der Waals surface area contributed by atoms with Crippen LogP contribution in [0.4, 0.5) is 15.5 Å². The fourth-order valence-electron chi connectivity index (χ4n) is 4.99. The van der Waals surface area contributed by atoms with Crippen LogP contribution in [0.15, 0.2) is 34.2 Å². The van der Waals surface area contributed by atoms with Gasteiger partial charge in [-0.25, -0.2) is 39.2 Å². The number of guanidine groups is 1. The van der Waals surface area contributed by atoms with Crippen molar-refractivity contribution < 1.29 is 38.5 Å². The van der Waals surface area contributed by atoms with Gasteiger partial charge < -0.3 is 34.0 Å². The number of carboxylic acid groups (broad SMARTS) is 1. The van der Waals surface area contributed by atoms with Gasteiger partial charge >= 0.3 is 18.2 Å². The van der Waals surface area contributed by atoms with E-state index in [1.54, 1.807) is 53.9 Å². The van der Waals surface area contributed by atoms with Crippen molar-refractivity contribution in [3.05, 3.63) is 29.7 Å². The molecule has 0 unspecified atom stereocenters. The zero-order valence-corrected chi connectivity index (χ0v) is 31.0. The van der Waals surface area contributed by atoms with Crippen molar-refractivity contribution in [3.63, 3.8) is 0 Å². The Hall–Kier alpha value is -4.64. The third kappa shape index (κ3) is 13.9. The van der Waals surface area contributed by atoms with Gasteiger partial charge in [0.2, 0.25) is 17.8 Å². The molecule has 0 spiro atoms. The van der Waals surface area contributed by atoms with Gasteiger partial charge in [-0.15, -0.1) is 0 Å². The maximum atomic E-state index is 12.8. The van der Waals surface area contributed by atoms with Crippen molar-refractivity contribution in [2.24, 2.45) is 9.98 Å². The summed E-state index contributed by atoms with van der Waals surface area (Å²) in [4.78, 5) is 75.4. The van der Waals surface area contributed by atoms with Gasteiger partial charge in [-0.1, -0.05) is 0 Å². The number of carbonyl (C=O) groups excluding carboxylic acids is 3. The van der Waals surface area contributed by atoms with E-state index in [0.29, 0.717) is 76.4 Å². The second-order valence-electron chi connectivity index (χ2n) is 14.2. The molecule has 3 amide bonds. The molecular weight excluding hydrogens is 662 g/mol. The van der Waals surface area contributed by atoms with Gasteiger partial charge in [0.25, 0.3) is 0 Å². The second-order valence-corrected chi connectivity index (χ2v) is 14.2. The lowest BCUT2D eigenvalue weighted by Gasteiger charge is -2.35. The Morgan fingerprint density at radius 2 is 1.43 bits per heavy atom. The molecule has 2 aliphatic rings. The summed E-state index contributed by atoms with van der Waals surface area (Å²) in [6, 6.07) is 0. The number of ether oxygens (including phenoxy) is 3. The summed E-state index contributed by atoms with van der Waals surface area (Å²) < 4.78 is 16.6. The molecule has 1 aromatic rings. The minimum absolute atomic E-state index is 0.0276. The number of anilines is 1. The standard InChI is InChI=1S/C34H53N9O8/c1-25(28(45)46)21-36-29(35-8)41-12-10-39(11-13-41)18-20-49-19-9-27(44)40-14-16-42(17-15-40)30-37-22-26(23-38-30)24-43(31(47)50-33(2,3)4)32(48)51-34(5,6)7/h21-23H,8-20,24H2,1-7H3,(H,45,46)/b25-21+,36-29?. The number of aliphatic carboxylic acids is 1. The van der Waals surface area contributed by atoms with Crippen molar-refractivity contribution in [3.8, 4) is 0 Å². The van der Waals surface area contributed by atoms with Crippen molar-refractivity contribution >= 4 is 42.7 Å². The van der Waals surface area contributed by atoms with Crippen LogP contribution >= 0.6 is 0 Å². The van der Waals surface area contributed by atoms with E-state index in [1.165, 1.54) is 13.1 Å². The molecule has 17 heteroatoms. The zero-order valence-electron chi connectivity index (χ0n) is 31.0. The Balaban J connectivity index is 1.38. The Bertz CT molecular complexity index is 1390. The number of hydrogen-bond acceptors (Lipinski definition) is 12. The highest BCUT2D eigenvalue weighted by Crippen LogP contribution is 2.18. The first-order chi connectivity index (χ1) is 24.0. The highest BCUT2D eigenvalue weighted by Gasteiger charge is 2.32. The fraction of sp³-hybridized carbons (Fsp3) is 0.647. The topological polar surface area (TPSA) is 183 Å². The fourth-order valence-corrected chi connectivity index (χ4v) is 4.99. The van der Waals surface area contributed by atoms with Gasteiger partial charge in [-0.05, 0) is 55.2 Å². The molecule has 1 aromatic heterocycles. The van der Waals surface area contributed by atoms with E-state index in [4.69, 9.17) is 19.3 Å². The number of aromatic nitrogens is 2. The quantitative estimate of drug-likeness (QED) is 0.153. The highest BCUT2D eigenvalue weighted by molar-refractivity contribution is 5.89. The summed E-state index contributed by atoms with van der Waals surface area (Å²) in [7, 11) is 0. The molecule has 17 nitrogen and oxygen atoms in total. The average Bonchev–Trinajstić information content (AvgIpc) is 3.06. The predicted molar refractivity (Wildman–Crippen MR) is 191 cm³/mol. The third-order valence-corrected chi connectivity index (χ3v) is 7.70. The van der Waals surface area contributed by atoms with E-state index < -0.39 is 29.4 Å². The summed E-state index contributed by atoms with van der Waals surface area (Å²) in [5, 5.41) is 9.00. The molecule has 3 rings (SSSR count). The molecular formula is C34H53N9O8. The smallest absolute Gasteiger partial charge is 0.420 e. The lowest BCUT2D eigenvalue weighted by molar-refractivity contribution is -0.133. The van der Waals surface area contributed by atoms with Gasteiger partial charge in [0.1, 0.15) is 11.2 Å². The first-order valence-corrected chi connectivity index (χ1v) is 17.0. The van der Waals surface area contributed by atoms with Gasteiger partial charge in [0.15, 0.2) is 0 Å². The molecule has 2 saturated heterocycles. The largest absolute Gasteiger partial charge is 0.478 e. The van der Waals surface area contributed by atoms with E-state index in [-0.39, 0.29) is 18.0 Å². The second kappa shape index (κ2) is 18.6. The highest BCUT2D eigenvalue weighted by atomic mass is 16.6. The first-order valence-electron chi connectivity index (χ1n) is 17.0. The molecule has 2 fully saturated rings. The maximum absolute atomic E-state index is 12.8. The molecule has 2 aliphatic heterocycles. The minimum atomic E-state index is -1.03. The van der Waals surface area contributed by atoms with Crippen LogP contribution in [0.3, 0.4) is 0 Å². The number of aliphatic imine (C=N–C) groups is 2. The molecule has 0 radical (unpaired) electrons. The number of piperazine rings is 2. The summed E-state index contributed by atoms with van der Waals surface area (Å²) in [6.07, 6.45) is 3.05. The van der Waals surface area contributed by atoms with Crippen LogP contribution in [-0.2, 0) is 30.3 Å². The first kappa shape index (κ1) is 40.8. The summed E-state index contributed by atoms with van der Waals surface area (Å²) in [6.45, 7) is 21.8. The monoisotopic (exact) mass is 715 g/mol. The van der Waals surface area contributed by atoms with Crippen LogP contribution in [0.25, 0.3) is 0 Å². The summed E-state index contributed by atoms with van der Waals surface area (Å²) in [5.74, 6) is -0.112. The molecule has 3 heterocycles. The Morgan fingerprint density at radius 3 is 1.94 bits per heavy atom. The van der Waals surface area contributed by atoms with E-state index in [2.05, 4.69) is 31.6 Å². The number of nitrogens with zero attached hydrogens (tertiary/aromatic N) is 9. The van der Waals surface area contributed by atoms with Crippen molar-refractivity contribution in [2.75, 3.05) is 77.0 Å². The number of imide groups is 1. The van der Waals surface area contributed by atoms with Crippen LogP contribution in [0.1, 0.15) is 60.5 Å². The molecule has 0 aromatic carbocycles.